The summed E-state index contributed by atoms with van der Waals surface area (Å²) in [6.45, 7) is 0. The van der Waals surface area contributed by atoms with Gasteiger partial charge < -0.3 is 9.11 Å². The average Bonchev–Trinajstić information content (AvgIpc) is 3.50. The molecule has 3 rings (SSSR count). The van der Waals surface area contributed by atoms with E-state index in [1.165, 1.54) is 12.1 Å². The number of rotatable bonds is 9. The molecule has 2 aromatic rings. The van der Waals surface area contributed by atoms with Gasteiger partial charge in [-0.2, -0.15) is 0 Å². The topological polar surface area (TPSA) is 207 Å². The summed E-state index contributed by atoms with van der Waals surface area (Å²) in [6, 6.07) is 6.28. The van der Waals surface area contributed by atoms with Gasteiger partial charge in [-0.1, -0.05) is 24.3 Å². The van der Waals surface area contributed by atoms with Crippen LogP contribution in [0, 0.1) is 0 Å². The van der Waals surface area contributed by atoms with Crippen LogP contribution in [0.25, 0.3) is 12.2 Å². The van der Waals surface area contributed by atoms with Crippen LogP contribution in [0.4, 0.5) is 11.4 Å². The third-order valence-corrected chi connectivity index (χ3v) is 8.80. The van der Waals surface area contributed by atoms with Crippen molar-refractivity contribution in [1.29, 1.82) is 0 Å². The molecular weight excluding hydrogens is 578 g/mol. The molecule has 0 spiro atoms. The molecule has 0 aromatic heterocycles. The first-order valence-corrected chi connectivity index (χ1v) is 15.6. The fourth-order valence-electron chi connectivity index (χ4n) is 2.92. The number of benzene rings is 2. The van der Waals surface area contributed by atoms with Crippen LogP contribution in [0.15, 0.2) is 46.2 Å². The summed E-state index contributed by atoms with van der Waals surface area (Å²) < 4.78 is 121. The molecule has 0 unspecified atom stereocenters. The summed E-state index contributed by atoms with van der Waals surface area (Å²) in [4.78, 5) is -1.57. The van der Waals surface area contributed by atoms with Gasteiger partial charge in [0.25, 0.3) is 0 Å². The standard InChI is InChI=1S/C18H20N2O10S4.2Na/c1-31(21,22)19-14-6-4-12(17(10-14)33(25,26)27)2-3-13-5-7-15(11-18(13)34(28,29)30)20-32(23,24)16-8-9-16;;/h2-7,10-11,16,19-20H,8-9H2,1H3,(H,25,26,27)(H,28,29,30);;/q;2*+1/p-2/b3-2+;;. The number of sulfonamides is 2. The Labute approximate surface area is 254 Å². The Morgan fingerprint density at radius 3 is 1.44 bits per heavy atom. The smallest absolute Gasteiger partial charge is 0.744 e. The molecule has 36 heavy (non-hydrogen) atoms. The van der Waals surface area contributed by atoms with Gasteiger partial charge in [0.2, 0.25) is 20.0 Å². The predicted molar refractivity (Wildman–Crippen MR) is 122 cm³/mol. The first-order valence-electron chi connectivity index (χ1n) is 9.33. The molecule has 0 atom stereocenters. The van der Waals surface area contributed by atoms with E-state index in [1.807, 2.05) is 4.72 Å². The molecule has 18 heteroatoms. The van der Waals surface area contributed by atoms with Crippen molar-refractivity contribution in [1.82, 2.24) is 0 Å². The summed E-state index contributed by atoms with van der Waals surface area (Å²) >= 11 is 0. The quantitative estimate of drug-likeness (QED) is 0.160. The van der Waals surface area contributed by atoms with E-state index in [0.717, 1.165) is 42.7 Å². The first kappa shape index (κ1) is 33.5. The van der Waals surface area contributed by atoms with Crippen LogP contribution in [-0.4, -0.2) is 54.3 Å². The van der Waals surface area contributed by atoms with Crippen molar-refractivity contribution < 1.29 is 102 Å². The molecular formula is C18H18N2Na2O10S4. The van der Waals surface area contributed by atoms with Crippen LogP contribution in [0.3, 0.4) is 0 Å². The Bertz CT molecular complexity index is 1600. The summed E-state index contributed by atoms with van der Waals surface area (Å²) in [5, 5.41) is -0.591. The van der Waals surface area contributed by atoms with Gasteiger partial charge in [-0.25, -0.2) is 33.7 Å². The van der Waals surface area contributed by atoms with Crippen LogP contribution >= 0.6 is 0 Å². The van der Waals surface area contributed by atoms with Crippen molar-refractivity contribution in [3.8, 4) is 0 Å². The van der Waals surface area contributed by atoms with E-state index in [9.17, 15) is 42.8 Å². The Balaban J connectivity index is 0.00000324. The van der Waals surface area contributed by atoms with Gasteiger partial charge in [0, 0.05) is 11.4 Å². The molecule has 2 N–H and O–H groups in total. The van der Waals surface area contributed by atoms with E-state index < -0.39 is 55.3 Å². The molecule has 12 nitrogen and oxygen atoms in total. The van der Waals surface area contributed by atoms with E-state index in [4.69, 9.17) is 0 Å². The predicted octanol–water partition coefficient (Wildman–Crippen LogP) is -5.05. The average molecular weight is 597 g/mol. The molecule has 1 aliphatic carbocycles. The number of nitrogens with one attached hydrogen (secondary N) is 2. The molecule has 0 saturated heterocycles. The summed E-state index contributed by atoms with van der Waals surface area (Å²) in [5.41, 5.74) is -0.736. The largest absolute Gasteiger partial charge is 1.00 e. The maximum Gasteiger partial charge on any atom is 1.00 e. The second kappa shape index (κ2) is 12.1. The fourth-order valence-corrected chi connectivity index (χ4v) is 6.25. The molecule has 1 fully saturated rings. The van der Waals surface area contributed by atoms with Gasteiger partial charge in [-0.15, -0.1) is 0 Å². The van der Waals surface area contributed by atoms with Crippen molar-refractivity contribution in [2.75, 3.05) is 15.7 Å². The minimum Gasteiger partial charge on any atom is -0.744 e. The summed E-state index contributed by atoms with van der Waals surface area (Å²) in [5.74, 6) is 0. The Kier molecular flexibility index (Phi) is 11.3. The minimum atomic E-state index is -5.08. The zero-order valence-corrected chi connectivity index (χ0v) is 26.6. The van der Waals surface area contributed by atoms with Gasteiger partial charge >= 0.3 is 59.1 Å². The normalized spacial score (nSPS) is 14.5. The van der Waals surface area contributed by atoms with Gasteiger partial charge in [-0.3, -0.25) is 9.44 Å². The summed E-state index contributed by atoms with van der Waals surface area (Å²) in [7, 11) is -17.6. The van der Waals surface area contributed by atoms with Crippen LogP contribution < -0.4 is 68.6 Å². The molecule has 0 heterocycles. The van der Waals surface area contributed by atoms with Gasteiger partial charge in [-0.05, 0) is 48.2 Å². The van der Waals surface area contributed by atoms with Crippen molar-refractivity contribution in [3.05, 3.63) is 47.5 Å². The molecule has 2 aromatic carbocycles. The Morgan fingerprint density at radius 1 is 0.722 bits per heavy atom. The molecule has 0 radical (unpaired) electrons. The monoisotopic (exact) mass is 596 g/mol. The Hall–Kier alpha value is -0.500. The van der Waals surface area contributed by atoms with Crippen LogP contribution in [0.1, 0.15) is 24.0 Å². The second-order valence-electron chi connectivity index (χ2n) is 7.47. The molecule has 0 aliphatic heterocycles. The number of hydrogen-bond acceptors (Lipinski definition) is 10. The SMILES string of the molecule is CS(=O)(=O)Nc1ccc(/C=C/c2ccc(NS(=O)(=O)C3CC3)cc2S(=O)(=O)[O-])c(S(=O)(=O)[O-])c1.[Na+].[Na+]. The molecule has 1 saturated carbocycles. The fraction of sp³-hybridized carbons (Fsp3) is 0.222. The molecule has 0 bridgehead atoms. The van der Waals surface area contributed by atoms with E-state index >= 15 is 0 Å². The number of hydrogen-bond donors (Lipinski definition) is 2. The van der Waals surface area contributed by atoms with E-state index in [0.29, 0.717) is 12.8 Å². The Morgan fingerprint density at radius 2 is 1.11 bits per heavy atom. The van der Waals surface area contributed by atoms with Crippen molar-refractivity contribution in [3.63, 3.8) is 0 Å². The van der Waals surface area contributed by atoms with Gasteiger partial charge in [0.05, 0.1) is 21.3 Å². The van der Waals surface area contributed by atoms with E-state index in [-0.39, 0.29) is 81.6 Å². The molecule has 186 valence electrons. The zero-order valence-electron chi connectivity index (χ0n) is 19.3. The van der Waals surface area contributed by atoms with Crippen LogP contribution in [0.5, 0.6) is 0 Å². The van der Waals surface area contributed by atoms with E-state index in [2.05, 4.69) is 4.72 Å². The van der Waals surface area contributed by atoms with E-state index in [1.54, 1.807) is 0 Å². The van der Waals surface area contributed by atoms with Crippen molar-refractivity contribution >= 4 is 63.8 Å². The van der Waals surface area contributed by atoms with Crippen LogP contribution in [0.2, 0.25) is 0 Å². The van der Waals surface area contributed by atoms with Crippen LogP contribution in [-0.2, 0) is 40.3 Å². The van der Waals surface area contributed by atoms with Gasteiger partial charge in [0.1, 0.15) is 20.2 Å². The maximum atomic E-state index is 12.1. The minimum absolute atomic E-state index is 0. The maximum absolute atomic E-state index is 12.1. The first-order chi connectivity index (χ1) is 15.5. The molecule has 1 aliphatic rings. The van der Waals surface area contributed by atoms with Crippen molar-refractivity contribution in [2.24, 2.45) is 0 Å². The third kappa shape index (κ3) is 9.36. The second-order valence-corrected chi connectivity index (χ2v) is 13.9. The molecule has 0 amide bonds. The van der Waals surface area contributed by atoms with Gasteiger partial charge in [0.15, 0.2) is 0 Å². The summed E-state index contributed by atoms with van der Waals surface area (Å²) in [6.07, 6.45) is 3.86. The van der Waals surface area contributed by atoms with Crippen molar-refractivity contribution in [2.45, 2.75) is 27.9 Å². The third-order valence-electron chi connectivity index (χ3n) is 4.53. The number of anilines is 2. The zero-order chi connectivity index (χ0) is 25.5.